The van der Waals surface area contributed by atoms with Crippen molar-refractivity contribution in [2.75, 3.05) is 26.3 Å². The molecule has 1 aromatic rings. The third-order valence-corrected chi connectivity index (χ3v) is 4.77. The average molecular weight is 398 g/mol. The number of benzene rings is 1. The van der Waals surface area contributed by atoms with Crippen LogP contribution in [0.5, 0.6) is 0 Å². The molecular formula is C19H28ClN3O4. The van der Waals surface area contributed by atoms with Crippen LogP contribution in [0.1, 0.15) is 35.7 Å². The Morgan fingerprint density at radius 3 is 2.81 bits per heavy atom. The summed E-state index contributed by atoms with van der Waals surface area (Å²) in [5.41, 5.74) is 1.47. The summed E-state index contributed by atoms with van der Waals surface area (Å²) < 4.78 is 11.0. The Kier molecular flexibility index (Phi) is 8.50. The number of rotatable bonds is 6. The van der Waals surface area contributed by atoms with Gasteiger partial charge in [-0.15, -0.1) is 12.4 Å². The molecular weight excluding hydrogens is 370 g/mol. The molecule has 2 aliphatic heterocycles. The molecule has 2 saturated heterocycles. The summed E-state index contributed by atoms with van der Waals surface area (Å²) in [4.78, 5) is 24.6. The van der Waals surface area contributed by atoms with E-state index in [9.17, 15) is 9.59 Å². The van der Waals surface area contributed by atoms with E-state index in [0.717, 1.165) is 25.0 Å². The lowest BCUT2D eigenvalue weighted by Gasteiger charge is -2.29. The number of carbonyl (C=O) groups excluding carboxylic acids is 2. The summed E-state index contributed by atoms with van der Waals surface area (Å²) in [7, 11) is 0. The first kappa shape index (κ1) is 21.6. The van der Waals surface area contributed by atoms with Gasteiger partial charge in [-0.2, -0.15) is 0 Å². The number of nitrogens with one attached hydrogen (secondary N) is 3. The number of morpholine rings is 1. The lowest BCUT2D eigenvalue weighted by molar-refractivity contribution is -0.129. The first-order chi connectivity index (χ1) is 12.6. The summed E-state index contributed by atoms with van der Waals surface area (Å²) in [6.07, 6.45) is 2.01. The number of hydrogen-bond acceptors (Lipinski definition) is 5. The van der Waals surface area contributed by atoms with Gasteiger partial charge in [-0.25, -0.2) is 0 Å². The standard InChI is InChI=1S/C19H27N3O4.ClH/c1-13-17(20-7-9-25-13)19(24)21-11-14-4-2-5-15(10-14)18(23)22-12-16-6-3-8-26-16;/h2,4-5,10,13,16-17,20H,3,6-9,11-12H2,1H3,(H,21,24)(H,22,23);1H/t13-,16?,17+;/m1./s1. The fourth-order valence-electron chi connectivity index (χ4n) is 3.26. The van der Waals surface area contributed by atoms with Gasteiger partial charge in [0, 0.05) is 31.8 Å². The maximum absolute atomic E-state index is 12.3. The zero-order valence-corrected chi connectivity index (χ0v) is 16.3. The van der Waals surface area contributed by atoms with Crippen LogP contribution in [0.25, 0.3) is 0 Å². The lowest BCUT2D eigenvalue weighted by atomic mass is 10.1. The van der Waals surface area contributed by atoms with Gasteiger partial charge in [-0.05, 0) is 37.5 Å². The lowest BCUT2D eigenvalue weighted by Crippen LogP contribution is -2.55. The van der Waals surface area contributed by atoms with Crippen molar-refractivity contribution in [3.8, 4) is 0 Å². The molecule has 2 aliphatic rings. The van der Waals surface area contributed by atoms with Crippen molar-refractivity contribution in [3.63, 3.8) is 0 Å². The Morgan fingerprint density at radius 2 is 2.07 bits per heavy atom. The van der Waals surface area contributed by atoms with E-state index >= 15 is 0 Å². The molecule has 7 nitrogen and oxygen atoms in total. The summed E-state index contributed by atoms with van der Waals surface area (Å²) in [5.74, 6) is -0.213. The minimum absolute atomic E-state index is 0. The second kappa shape index (κ2) is 10.6. The molecule has 3 N–H and O–H groups in total. The second-order valence-electron chi connectivity index (χ2n) is 6.77. The van der Waals surface area contributed by atoms with E-state index in [-0.39, 0.29) is 42.5 Å². The van der Waals surface area contributed by atoms with E-state index in [0.29, 0.717) is 31.8 Å². The second-order valence-corrected chi connectivity index (χ2v) is 6.77. The van der Waals surface area contributed by atoms with Gasteiger partial charge in [0.15, 0.2) is 0 Å². The SMILES string of the molecule is C[C@H]1OCCN[C@@H]1C(=O)NCc1cccc(C(=O)NCC2CCCO2)c1.Cl. The Balaban J connectivity index is 0.00000261. The molecule has 0 spiro atoms. The van der Waals surface area contributed by atoms with E-state index in [1.807, 2.05) is 19.1 Å². The molecule has 0 aromatic heterocycles. The molecule has 0 bridgehead atoms. The van der Waals surface area contributed by atoms with Crippen molar-refractivity contribution >= 4 is 24.2 Å². The van der Waals surface area contributed by atoms with E-state index in [4.69, 9.17) is 9.47 Å². The van der Waals surface area contributed by atoms with Crippen molar-refractivity contribution < 1.29 is 19.1 Å². The van der Waals surface area contributed by atoms with Crippen molar-refractivity contribution in [1.82, 2.24) is 16.0 Å². The van der Waals surface area contributed by atoms with Crippen LogP contribution in [0.3, 0.4) is 0 Å². The molecule has 1 aromatic carbocycles. The van der Waals surface area contributed by atoms with Gasteiger partial charge in [-0.1, -0.05) is 12.1 Å². The first-order valence-electron chi connectivity index (χ1n) is 9.25. The van der Waals surface area contributed by atoms with Crippen LogP contribution >= 0.6 is 12.4 Å². The van der Waals surface area contributed by atoms with Crippen LogP contribution in [0.4, 0.5) is 0 Å². The van der Waals surface area contributed by atoms with Gasteiger partial charge in [0.1, 0.15) is 6.04 Å². The highest BCUT2D eigenvalue weighted by molar-refractivity contribution is 5.94. The Bertz CT molecular complexity index is 637. The zero-order valence-electron chi connectivity index (χ0n) is 15.5. The van der Waals surface area contributed by atoms with Crippen LogP contribution in [-0.2, 0) is 20.8 Å². The van der Waals surface area contributed by atoms with E-state index in [1.54, 1.807) is 12.1 Å². The number of halogens is 1. The van der Waals surface area contributed by atoms with Crippen LogP contribution < -0.4 is 16.0 Å². The molecule has 0 saturated carbocycles. The molecule has 3 atom stereocenters. The van der Waals surface area contributed by atoms with Crippen molar-refractivity contribution in [3.05, 3.63) is 35.4 Å². The van der Waals surface area contributed by atoms with Gasteiger partial charge < -0.3 is 25.4 Å². The topological polar surface area (TPSA) is 88.7 Å². The Hall–Kier alpha value is -1.67. The molecule has 0 radical (unpaired) electrons. The monoisotopic (exact) mass is 397 g/mol. The number of ether oxygens (including phenoxy) is 2. The van der Waals surface area contributed by atoms with Crippen LogP contribution in [-0.4, -0.2) is 56.4 Å². The first-order valence-corrected chi connectivity index (χ1v) is 9.25. The average Bonchev–Trinajstić information content (AvgIpc) is 3.18. The van der Waals surface area contributed by atoms with Gasteiger partial charge in [0.05, 0.1) is 18.8 Å². The summed E-state index contributed by atoms with van der Waals surface area (Å²) in [6.45, 7) is 4.85. The van der Waals surface area contributed by atoms with Crippen LogP contribution in [0.15, 0.2) is 24.3 Å². The molecule has 150 valence electrons. The molecule has 0 aliphatic carbocycles. The number of carbonyl (C=O) groups is 2. The Labute approximate surface area is 166 Å². The minimum atomic E-state index is -0.346. The minimum Gasteiger partial charge on any atom is -0.376 e. The summed E-state index contributed by atoms with van der Waals surface area (Å²) >= 11 is 0. The van der Waals surface area contributed by atoms with E-state index in [2.05, 4.69) is 16.0 Å². The molecule has 2 heterocycles. The molecule has 1 unspecified atom stereocenters. The normalized spacial score (nSPS) is 24.7. The largest absolute Gasteiger partial charge is 0.376 e. The molecule has 8 heteroatoms. The van der Waals surface area contributed by atoms with Crippen molar-refractivity contribution in [2.24, 2.45) is 0 Å². The predicted octanol–water partition coefficient (Wildman–Crippen LogP) is 1.01. The third kappa shape index (κ3) is 6.17. The van der Waals surface area contributed by atoms with Gasteiger partial charge in [-0.3, -0.25) is 9.59 Å². The Morgan fingerprint density at radius 1 is 1.22 bits per heavy atom. The molecule has 2 amide bonds. The highest BCUT2D eigenvalue weighted by Crippen LogP contribution is 2.11. The number of hydrogen-bond donors (Lipinski definition) is 3. The van der Waals surface area contributed by atoms with Gasteiger partial charge >= 0.3 is 0 Å². The predicted molar refractivity (Wildman–Crippen MR) is 104 cm³/mol. The zero-order chi connectivity index (χ0) is 18.4. The highest BCUT2D eigenvalue weighted by atomic mass is 35.5. The van der Waals surface area contributed by atoms with Crippen LogP contribution in [0, 0.1) is 0 Å². The summed E-state index contributed by atoms with van der Waals surface area (Å²) in [6, 6.07) is 6.95. The van der Waals surface area contributed by atoms with Crippen molar-refractivity contribution in [2.45, 2.75) is 44.6 Å². The summed E-state index contributed by atoms with van der Waals surface area (Å²) in [5, 5.41) is 8.99. The fourth-order valence-corrected chi connectivity index (χ4v) is 3.26. The quantitative estimate of drug-likeness (QED) is 0.666. The van der Waals surface area contributed by atoms with E-state index in [1.165, 1.54) is 0 Å². The highest BCUT2D eigenvalue weighted by Gasteiger charge is 2.27. The van der Waals surface area contributed by atoms with Gasteiger partial charge in [0.2, 0.25) is 5.91 Å². The van der Waals surface area contributed by atoms with E-state index < -0.39 is 0 Å². The number of amides is 2. The van der Waals surface area contributed by atoms with Crippen LogP contribution in [0.2, 0.25) is 0 Å². The molecule has 3 rings (SSSR count). The molecule has 2 fully saturated rings. The smallest absolute Gasteiger partial charge is 0.251 e. The fraction of sp³-hybridized carbons (Fsp3) is 0.579. The molecule has 27 heavy (non-hydrogen) atoms. The van der Waals surface area contributed by atoms with Gasteiger partial charge in [0.25, 0.3) is 5.91 Å². The maximum atomic E-state index is 12.3. The third-order valence-electron chi connectivity index (χ3n) is 4.77. The van der Waals surface area contributed by atoms with Crippen molar-refractivity contribution in [1.29, 1.82) is 0 Å². The maximum Gasteiger partial charge on any atom is 0.251 e.